The van der Waals surface area contributed by atoms with Gasteiger partial charge in [0.1, 0.15) is 0 Å². The van der Waals surface area contributed by atoms with Crippen molar-refractivity contribution in [2.45, 2.75) is 32.3 Å². The largest absolute Gasteiger partial charge is 0.384 e. The maximum absolute atomic E-state index is 10.3. The molecule has 2 nitrogen and oxygen atoms in total. The Balaban J connectivity index is 1.87. The van der Waals surface area contributed by atoms with Crippen molar-refractivity contribution < 1.29 is 5.11 Å². The smallest absolute Gasteiger partial charge is 0.0992 e. The summed E-state index contributed by atoms with van der Waals surface area (Å²) in [5.41, 5.74) is 0.697. The van der Waals surface area contributed by atoms with Crippen LogP contribution in [0.3, 0.4) is 0 Å². The molecule has 16 heavy (non-hydrogen) atoms. The fourth-order valence-corrected chi connectivity index (χ4v) is 1.90. The highest BCUT2D eigenvalue weighted by Gasteiger charge is 2.37. The number of rotatable bonds is 5. The number of aliphatic hydroxyl groups is 1. The normalized spacial score (nSPS) is 21.4. The molecule has 2 heteroatoms. The van der Waals surface area contributed by atoms with E-state index in [0.717, 1.165) is 12.1 Å². The molecule has 0 saturated heterocycles. The average molecular weight is 219 g/mol. The standard InChI is InChI=1S/C14H21NO/c1-13(8-9-13)10-15-11-14(2,16)12-6-4-3-5-7-12/h3-7,15-16H,8-11H2,1-2H3. The Bertz CT molecular complexity index is 341. The van der Waals surface area contributed by atoms with Gasteiger partial charge in [-0.2, -0.15) is 0 Å². The van der Waals surface area contributed by atoms with Gasteiger partial charge in [0.15, 0.2) is 0 Å². The van der Waals surface area contributed by atoms with Gasteiger partial charge in [0.25, 0.3) is 0 Å². The Morgan fingerprint density at radius 2 is 1.94 bits per heavy atom. The van der Waals surface area contributed by atoms with E-state index >= 15 is 0 Å². The minimum atomic E-state index is -0.771. The molecule has 1 aromatic carbocycles. The van der Waals surface area contributed by atoms with Crippen LogP contribution in [-0.2, 0) is 5.60 Å². The topological polar surface area (TPSA) is 32.3 Å². The molecule has 0 heterocycles. The van der Waals surface area contributed by atoms with Gasteiger partial charge in [-0.1, -0.05) is 37.3 Å². The second-order valence-electron chi connectivity index (χ2n) is 5.55. The highest BCUT2D eigenvalue weighted by atomic mass is 16.3. The van der Waals surface area contributed by atoms with Crippen LogP contribution < -0.4 is 5.32 Å². The summed E-state index contributed by atoms with van der Waals surface area (Å²) in [4.78, 5) is 0. The third kappa shape index (κ3) is 2.83. The highest BCUT2D eigenvalue weighted by molar-refractivity contribution is 5.21. The lowest BCUT2D eigenvalue weighted by molar-refractivity contribution is 0.0559. The van der Waals surface area contributed by atoms with Crippen LogP contribution >= 0.6 is 0 Å². The van der Waals surface area contributed by atoms with Crippen molar-refractivity contribution in [3.05, 3.63) is 35.9 Å². The molecule has 0 bridgehead atoms. The number of hydrogen-bond donors (Lipinski definition) is 2. The van der Waals surface area contributed by atoms with E-state index in [1.807, 2.05) is 37.3 Å². The van der Waals surface area contributed by atoms with Gasteiger partial charge in [-0.3, -0.25) is 0 Å². The summed E-state index contributed by atoms with van der Waals surface area (Å²) in [5, 5.41) is 13.7. The SMILES string of the molecule is CC1(CNCC(C)(O)c2ccccc2)CC1. The van der Waals surface area contributed by atoms with Gasteiger partial charge < -0.3 is 10.4 Å². The van der Waals surface area contributed by atoms with Crippen LogP contribution in [0.15, 0.2) is 30.3 Å². The van der Waals surface area contributed by atoms with E-state index in [2.05, 4.69) is 12.2 Å². The lowest BCUT2D eigenvalue weighted by Gasteiger charge is -2.25. The molecule has 0 amide bonds. The zero-order valence-corrected chi connectivity index (χ0v) is 10.2. The van der Waals surface area contributed by atoms with Gasteiger partial charge in [-0.05, 0) is 30.7 Å². The second kappa shape index (κ2) is 4.19. The van der Waals surface area contributed by atoms with Gasteiger partial charge in [0.2, 0.25) is 0 Å². The molecule has 1 unspecified atom stereocenters. The average Bonchev–Trinajstić information content (AvgIpc) is 2.98. The van der Waals surface area contributed by atoms with E-state index in [0.29, 0.717) is 12.0 Å². The van der Waals surface area contributed by atoms with Gasteiger partial charge in [0.05, 0.1) is 5.60 Å². The van der Waals surface area contributed by atoms with E-state index in [1.165, 1.54) is 12.8 Å². The molecule has 1 saturated carbocycles. The number of nitrogens with one attached hydrogen (secondary N) is 1. The van der Waals surface area contributed by atoms with Crippen LogP contribution in [0, 0.1) is 5.41 Å². The fraction of sp³-hybridized carbons (Fsp3) is 0.571. The summed E-state index contributed by atoms with van der Waals surface area (Å²) in [6.07, 6.45) is 2.63. The molecule has 0 aliphatic heterocycles. The van der Waals surface area contributed by atoms with Crippen molar-refractivity contribution >= 4 is 0 Å². The fourth-order valence-electron chi connectivity index (χ4n) is 1.90. The van der Waals surface area contributed by atoms with Gasteiger partial charge >= 0.3 is 0 Å². The zero-order valence-electron chi connectivity index (χ0n) is 10.2. The molecular formula is C14H21NO. The van der Waals surface area contributed by atoms with Crippen LogP contribution in [0.1, 0.15) is 32.3 Å². The molecule has 1 aliphatic rings. The van der Waals surface area contributed by atoms with Crippen LogP contribution in [0.5, 0.6) is 0 Å². The van der Waals surface area contributed by atoms with Crippen molar-refractivity contribution in [3.8, 4) is 0 Å². The quantitative estimate of drug-likeness (QED) is 0.796. The molecule has 88 valence electrons. The van der Waals surface area contributed by atoms with E-state index in [1.54, 1.807) is 0 Å². The first-order valence-electron chi connectivity index (χ1n) is 6.01. The van der Waals surface area contributed by atoms with Gasteiger partial charge in [-0.15, -0.1) is 0 Å². The third-order valence-corrected chi connectivity index (χ3v) is 3.52. The van der Waals surface area contributed by atoms with Gasteiger partial charge in [-0.25, -0.2) is 0 Å². The Morgan fingerprint density at radius 3 is 2.50 bits per heavy atom. The molecule has 2 N–H and O–H groups in total. The van der Waals surface area contributed by atoms with Crippen molar-refractivity contribution in [1.82, 2.24) is 5.32 Å². The molecule has 1 fully saturated rings. The molecule has 0 radical (unpaired) electrons. The molecule has 0 spiro atoms. The first kappa shape index (κ1) is 11.6. The Morgan fingerprint density at radius 1 is 1.31 bits per heavy atom. The first-order chi connectivity index (χ1) is 7.52. The van der Waals surface area contributed by atoms with Crippen molar-refractivity contribution in [3.63, 3.8) is 0 Å². The molecule has 0 aromatic heterocycles. The molecule has 1 aliphatic carbocycles. The summed E-state index contributed by atoms with van der Waals surface area (Å²) in [6, 6.07) is 9.84. The Labute approximate surface area is 97.7 Å². The lowest BCUT2D eigenvalue weighted by Crippen LogP contribution is -2.37. The maximum atomic E-state index is 10.3. The van der Waals surface area contributed by atoms with Crippen LogP contribution in [-0.4, -0.2) is 18.2 Å². The van der Waals surface area contributed by atoms with Gasteiger partial charge in [0, 0.05) is 13.1 Å². The van der Waals surface area contributed by atoms with E-state index in [-0.39, 0.29) is 0 Å². The highest BCUT2D eigenvalue weighted by Crippen LogP contribution is 2.44. The van der Waals surface area contributed by atoms with Crippen molar-refractivity contribution in [1.29, 1.82) is 0 Å². The minimum absolute atomic E-state index is 0.493. The summed E-state index contributed by atoms with van der Waals surface area (Å²) in [5.74, 6) is 0. The third-order valence-electron chi connectivity index (χ3n) is 3.52. The van der Waals surface area contributed by atoms with E-state index in [4.69, 9.17) is 0 Å². The minimum Gasteiger partial charge on any atom is -0.384 e. The Kier molecular flexibility index (Phi) is 3.04. The predicted octanol–water partition coefficient (Wildman–Crippen LogP) is 2.28. The number of benzene rings is 1. The van der Waals surface area contributed by atoms with E-state index < -0.39 is 5.60 Å². The van der Waals surface area contributed by atoms with Crippen LogP contribution in [0.25, 0.3) is 0 Å². The van der Waals surface area contributed by atoms with Crippen LogP contribution in [0.4, 0.5) is 0 Å². The van der Waals surface area contributed by atoms with Crippen molar-refractivity contribution in [2.75, 3.05) is 13.1 Å². The lowest BCUT2D eigenvalue weighted by atomic mass is 9.96. The Hall–Kier alpha value is -0.860. The molecule has 1 atom stereocenters. The summed E-state index contributed by atoms with van der Waals surface area (Å²) in [6.45, 7) is 5.78. The number of hydrogen-bond acceptors (Lipinski definition) is 2. The molecular weight excluding hydrogens is 198 g/mol. The predicted molar refractivity (Wildman–Crippen MR) is 66.2 cm³/mol. The first-order valence-corrected chi connectivity index (χ1v) is 6.01. The van der Waals surface area contributed by atoms with E-state index in [9.17, 15) is 5.11 Å². The second-order valence-corrected chi connectivity index (χ2v) is 5.55. The van der Waals surface area contributed by atoms with Crippen molar-refractivity contribution in [2.24, 2.45) is 5.41 Å². The zero-order chi connectivity index (χ0) is 11.6. The summed E-state index contributed by atoms with van der Waals surface area (Å²) < 4.78 is 0. The van der Waals surface area contributed by atoms with Crippen LogP contribution in [0.2, 0.25) is 0 Å². The molecule has 1 aromatic rings. The summed E-state index contributed by atoms with van der Waals surface area (Å²) in [7, 11) is 0. The monoisotopic (exact) mass is 219 g/mol. The summed E-state index contributed by atoms with van der Waals surface area (Å²) >= 11 is 0. The molecule has 2 rings (SSSR count). The maximum Gasteiger partial charge on any atom is 0.0992 e.